The van der Waals surface area contributed by atoms with Crippen molar-refractivity contribution in [3.05, 3.63) is 83.4 Å². The Morgan fingerprint density at radius 1 is 1.06 bits per heavy atom. The summed E-state index contributed by atoms with van der Waals surface area (Å²) < 4.78 is 33.5. The smallest absolute Gasteiger partial charge is 0.261 e. The predicted octanol–water partition coefficient (Wildman–Crippen LogP) is 3.94. The first kappa shape index (κ1) is 23.3. The summed E-state index contributed by atoms with van der Waals surface area (Å²) in [5.74, 6) is 0.219. The first-order valence-corrected chi connectivity index (χ1v) is 12.1. The lowest BCUT2D eigenvalue weighted by Gasteiger charge is -2.27. The van der Waals surface area contributed by atoms with E-state index in [2.05, 4.69) is 10.0 Å². The molecule has 1 amide bonds. The van der Waals surface area contributed by atoms with Gasteiger partial charge in [-0.15, -0.1) is 0 Å². The molecule has 0 bridgehead atoms. The monoisotopic (exact) mass is 479 g/mol. The zero-order valence-electron chi connectivity index (χ0n) is 19.0. The molecule has 0 fully saturated rings. The van der Waals surface area contributed by atoms with E-state index in [4.69, 9.17) is 4.74 Å². The largest absolute Gasteiger partial charge is 0.497 e. The van der Waals surface area contributed by atoms with Gasteiger partial charge in [0.2, 0.25) is 0 Å². The quantitative estimate of drug-likeness (QED) is 0.555. The van der Waals surface area contributed by atoms with Crippen LogP contribution in [0.4, 0.5) is 11.4 Å². The van der Waals surface area contributed by atoms with Crippen molar-refractivity contribution in [1.29, 1.82) is 0 Å². The summed E-state index contributed by atoms with van der Waals surface area (Å²) in [5.41, 5.74) is 2.56. The van der Waals surface area contributed by atoms with E-state index in [0.29, 0.717) is 28.3 Å². The lowest BCUT2D eigenvalue weighted by molar-refractivity contribution is 0.0827. The fraction of sp³-hybridized carbons (Fsp3) is 0.200. The topological polar surface area (TPSA) is 105 Å². The molecule has 4 rings (SSSR count). The summed E-state index contributed by atoms with van der Waals surface area (Å²) in [4.78, 5) is 26.8. The Hall–Kier alpha value is -3.85. The molecule has 3 aromatic rings. The maximum atomic E-state index is 13.0. The zero-order valence-corrected chi connectivity index (χ0v) is 19.8. The molecular weight excluding hydrogens is 454 g/mol. The molecule has 1 aliphatic heterocycles. The van der Waals surface area contributed by atoms with Gasteiger partial charge in [0.05, 0.1) is 23.7 Å². The maximum Gasteiger partial charge on any atom is 0.261 e. The van der Waals surface area contributed by atoms with Crippen molar-refractivity contribution in [2.75, 3.05) is 31.2 Å². The van der Waals surface area contributed by atoms with Crippen LogP contribution in [0.3, 0.4) is 0 Å². The molecule has 0 spiro atoms. The van der Waals surface area contributed by atoms with Crippen LogP contribution in [0.15, 0.2) is 71.6 Å². The average Bonchev–Trinajstić information content (AvgIpc) is 2.83. The zero-order chi connectivity index (χ0) is 24.5. The number of nitrogens with one attached hydrogen (secondary N) is 2. The molecule has 0 radical (unpaired) electrons. The van der Waals surface area contributed by atoms with Crippen molar-refractivity contribution < 1.29 is 22.7 Å². The molecule has 1 aliphatic rings. The Morgan fingerprint density at radius 2 is 1.82 bits per heavy atom. The summed E-state index contributed by atoms with van der Waals surface area (Å²) in [6.45, 7) is 0. The van der Waals surface area contributed by atoms with Gasteiger partial charge >= 0.3 is 0 Å². The standard InChI is InChI=1S/C25H25N3O5S/c1-28(2)25(30)17-7-4-6-16(12-17)23-15-24(29)21-14-20(10-11-22(21)26-23)34(31,32)27-18-8-5-9-19(13-18)33-3/h4-14,23,26-27H,15H2,1-3H3. The van der Waals surface area contributed by atoms with Gasteiger partial charge in [-0.25, -0.2) is 8.42 Å². The normalized spacial score (nSPS) is 15.1. The van der Waals surface area contributed by atoms with Crippen LogP contribution in [0, 0.1) is 0 Å². The number of nitrogens with zero attached hydrogens (tertiary/aromatic N) is 1. The minimum absolute atomic E-state index is 0.0127. The number of fused-ring (bicyclic) bond motifs is 1. The SMILES string of the molecule is COc1cccc(NS(=O)(=O)c2ccc3c(c2)C(=O)CC(c2cccc(C(=O)N(C)C)c2)N3)c1. The van der Waals surface area contributed by atoms with Gasteiger partial charge in [0.15, 0.2) is 5.78 Å². The highest BCUT2D eigenvalue weighted by molar-refractivity contribution is 7.92. The van der Waals surface area contributed by atoms with E-state index in [-0.39, 0.29) is 29.0 Å². The van der Waals surface area contributed by atoms with Crippen molar-refractivity contribution >= 4 is 33.1 Å². The van der Waals surface area contributed by atoms with E-state index in [1.165, 1.54) is 24.1 Å². The maximum absolute atomic E-state index is 13.0. The van der Waals surface area contributed by atoms with Gasteiger partial charge in [-0.3, -0.25) is 14.3 Å². The Balaban J connectivity index is 1.59. The number of benzene rings is 3. The van der Waals surface area contributed by atoms with Crippen LogP contribution in [0.1, 0.15) is 38.7 Å². The number of ether oxygens (including phenoxy) is 1. The van der Waals surface area contributed by atoms with Crippen molar-refractivity contribution in [2.24, 2.45) is 0 Å². The van der Waals surface area contributed by atoms with E-state index < -0.39 is 10.0 Å². The van der Waals surface area contributed by atoms with Crippen LogP contribution in [0.25, 0.3) is 0 Å². The number of amides is 1. The molecule has 1 unspecified atom stereocenters. The van der Waals surface area contributed by atoms with Crippen molar-refractivity contribution in [2.45, 2.75) is 17.4 Å². The average molecular weight is 480 g/mol. The molecule has 34 heavy (non-hydrogen) atoms. The van der Waals surface area contributed by atoms with Crippen molar-refractivity contribution in [3.63, 3.8) is 0 Å². The number of carbonyl (C=O) groups is 2. The lowest BCUT2D eigenvalue weighted by Crippen LogP contribution is -2.25. The third-order valence-corrected chi connectivity index (χ3v) is 6.96. The van der Waals surface area contributed by atoms with E-state index in [1.807, 2.05) is 6.07 Å². The fourth-order valence-electron chi connectivity index (χ4n) is 3.83. The number of hydrogen-bond donors (Lipinski definition) is 2. The highest BCUT2D eigenvalue weighted by Gasteiger charge is 2.28. The van der Waals surface area contributed by atoms with E-state index in [0.717, 1.165) is 5.56 Å². The van der Waals surface area contributed by atoms with Crippen LogP contribution in [-0.4, -0.2) is 46.2 Å². The summed E-state index contributed by atoms with van der Waals surface area (Å²) in [6, 6.07) is 17.8. The third kappa shape index (κ3) is 4.74. The van der Waals surface area contributed by atoms with Crippen LogP contribution >= 0.6 is 0 Å². The van der Waals surface area contributed by atoms with E-state index in [9.17, 15) is 18.0 Å². The molecule has 8 nitrogen and oxygen atoms in total. The molecule has 3 aromatic carbocycles. The van der Waals surface area contributed by atoms with Crippen molar-refractivity contribution in [1.82, 2.24) is 4.90 Å². The lowest BCUT2D eigenvalue weighted by atomic mass is 9.91. The number of hydrogen-bond acceptors (Lipinski definition) is 6. The fourth-order valence-corrected chi connectivity index (χ4v) is 4.90. The first-order chi connectivity index (χ1) is 16.2. The number of rotatable bonds is 6. The second kappa shape index (κ2) is 9.18. The number of ketones is 1. The minimum Gasteiger partial charge on any atom is -0.497 e. The third-order valence-electron chi connectivity index (χ3n) is 5.59. The van der Waals surface area contributed by atoms with Crippen LogP contribution in [-0.2, 0) is 10.0 Å². The Labute approximate surface area is 198 Å². The second-order valence-electron chi connectivity index (χ2n) is 8.19. The van der Waals surface area contributed by atoms with Crippen molar-refractivity contribution in [3.8, 4) is 5.75 Å². The Morgan fingerprint density at radius 3 is 2.56 bits per heavy atom. The van der Waals surface area contributed by atoms with E-state index >= 15 is 0 Å². The number of methoxy groups -OCH3 is 1. The second-order valence-corrected chi connectivity index (χ2v) is 9.88. The predicted molar refractivity (Wildman–Crippen MR) is 130 cm³/mol. The van der Waals surface area contributed by atoms with Gasteiger partial charge in [0, 0.05) is 43.4 Å². The molecule has 0 aliphatic carbocycles. The summed E-state index contributed by atoms with van der Waals surface area (Å²) in [6.07, 6.45) is 0.138. The van der Waals surface area contributed by atoms with Gasteiger partial charge < -0.3 is 15.0 Å². The summed E-state index contributed by atoms with van der Waals surface area (Å²) in [7, 11) is 0.953. The molecular formula is C25H25N3O5S. The first-order valence-electron chi connectivity index (χ1n) is 10.6. The number of carbonyl (C=O) groups excluding carboxylic acids is 2. The number of Topliss-reactive ketones (excluding diaryl/α,β-unsaturated/α-hetero) is 1. The van der Waals surface area contributed by atoms with Gasteiger partial charge in [0.25, 0.3) is 15.9 Å². The molecule has 2 N–H and O–H groups in total. The van der Waals surface area contributed by atoms with Gasteiger partial charge in [-0.2, -0.15) is 0 Å². The molecule has 176 valence electrons. The van der Waals surface area contributed by atoms with Crippen LogP contribution in [0.2, 0.25) is 0 Å². The summed E-state index contributed by atoms with van der Waals surface area (Å²) >= 11 is 0. The summed E-state index contributed by atoms with van der Waals surface area (Å²) in [5, 5.41) is 3.30. The van der Waals surface area contributed by atoms with Crippen LogP contribution < -0.4 is 14.8 Å². The van der Waals surface area contributed by atoms with Gasteiger partial charge in [-0.05, 0) is 48.0 Å². The number of sulfonamides is 1. The van der Waals surface area contributed by atoms with Gasteiger partial charge in [0.1, 0.15) is 5.75 Å². The van der Waals surface area contributed by atoms with Gasteiger partial charge in [-0.1, -0.05) is 18.2 Å². The number of anilines is 2. The van der Waals surface area contributed by atoms with E-state index in [1.54, 1.807) is 62.6 Å². The molecule has 1 heterocycles. The highest BCUT2D eigenvalue weighted by atomic mass is 32.2. The minimum atomic E-state index is -3.91. The Bertz CT molecular complexity index is 1370. The van der Waals surface area contributed by atoms with Crippen LogP contribution in [0.5, 0.6) is 5.75 Å². The molecule has 0 saturated carbocycles. The highest BCUT2D eigenvalue weighted by Crippen LogP contribution is 2.34. The molecule has 9 heteroatoms. The molecule has 0 aromatic heterocycles. The molecule has 1 atom stereocenters. The molecule has 0 saturated heterocycles. The Kier molecular flexibility index (Phi) is 6.30.